The maximum Gasteiger partial charge on any atom is 0.182 e. The van der Waals surface area contributed by atoms with E-state index in [0.29, 0.717) is 17.5 Å². The molecule has 0 bridgehead atoms. The lowest BCUT2D eigenvalue weighted by Crippen LogP contribution is -2.21. The second-order valence-electron chi connectivity index (χ2n) is 4.63. The normalized spacial score (nSPS) is 11.5. The third-order valence-electron chi connectivity index (χ3n) is 2.77. The number of nitrogens with zero attached hydrogens (tertiary/aromatic N) is 5. The number of hydrogen-bond acceptors (Lipinski definition) is 5. The van der Waals surface area contributed by atoms with Gasteiger partial charge in [-0.15, -0.1) is 0 Å². The molecule has 0 aliphatic carbocycles. The molecule has 7 nitrogen and oxygen atoms in total. The van der Waals surface area contributed by atoms with Gasteiger partial charge in [-0.1, -0.05) is 13.8 Å². The minimum atomic E-state index is 0.446. The average molecular weight is 257 g/mol. The van der Waals surface area contributed by atoms with E-state index in [4.69, 9.17) is 0 Å². The Hall–Kier alpha value is -2.28. The molecule has 3 heterocycles. The maximum absolute atomic E-state index is 4.33. The van der Waals surface area contributed by atoms with Crippen molar-refractivity contribution in [1.29, 1.82) is 0 Å². The van der Waals surface area contributed by atoms with Gasteiger partial charge in [0.25, 0.3) is 0 Å². The zero-order chi connectivity index (χ0) is 13.2. The van der Waals surface area contributed by atoms with Gasteiger partial charge in [0.2, 0.25) is 0 Å². The molecule has 0 aliphatic rings. The van der Waals surface area contributed by atoms with Gasteiger partial charge in [-0.3, -0.25) is 0 Å². The van der Waals surface area contributed by atoms with Crippen LogP contribution in [-0.2, 0) is 6.54 Å². The largest absolute Gasteiger partial charge is 0.340 e. The number of aromatic nitrogens is 6. The van der Waals surface area contributed by atoms with Gasteiger partial charge in [0.05, 0.1) is 12.5 Å². The summed E-state index contributed by atoms with van der Waals surface area (Å²) in [7, 11) is 0. The minimum absolute atomic E-state index is 0.446. The minimum Gasteiger partial charge on any atom is -0.340 e. The third-order valence-corrected chi connectivity index (χ3v) is 2.77. The summed E-state index contributed by atoms with van der Waals surface area (Å²) in [5, 5.41) is 7.69. The molecule has 0 aromatic carbocycles. The molecule has 0 saturated carbocycles. The summed E-state index contributed by atoms with van der Waals surface area (Å²) in [6.07, 6.45) is 6.89. The second kappa shape index (κ2) is 4.77. The van der Waals surface area contributed by atoms with Crippen molar-refractivity contribution in [2.75, 3.05) is 0 Å². The predicted molar refractivity (Wildman–Crippen MR) is 70.8 cm³/mol. The Balaban J connectivity index is 1.92. The van der Waals surface area contributed by atoms with Gasteiger partial charge in [0, 0.05) is 24.3 Å². The molecule has 0 aliphatic heterocycles. The van der Waals surface area contributed by atoms with Gasteiger partial charge >= 0.3 is 0 Å². The van der Waals surface area contributed by atoms with Gasteiger partial charge < -0.3 is 10.3 Å². The van der Waals surface area contributed by atoms with Crippen LogP contribution in [0.3, 0.4) is 0 Å². The average Bonchev–Trinajstić information content (AvgIpc) is 3.04. The van der Waals surface area contributed by atoms with Crippen LogP contribution in [0, 0.1) is 0 Å². The van der Waals surface area contributed by atoms with Crippen molar-refractivity contribution in [1.82, 2.24) is 35.0 Å². The van der Waals surface area contributed by atoms with E-state index >= 15 is 0 Å². The molecule has 3 rings (SSSR count). The van der Waals surface area contributed by atoms with Crippen molar-refractivity contribution < 1.29 is 0 Å². The summed E-state index contributed by atoms with van der Waals surface area (Å²) in [6.45, 7) is 5.01. The Labute approximate surface area is 110 Å². The highest BCUT2D eigenvalue weighted by Crippen LogP contribution is 2.14. The number of H-pyrrole nitrogens is 1. The molecule has 2 N–H and O–H groups in total. The fourth-order valence-corrected chi connectivity index (χ4v) is 1.82. The first kappa shape index (κ1) is 11.8. The van der Waals surface area contributed by atoms with Crippen LogP contribution in [0.4, 0.5) is 0 Å². The van der Waals surface area contributed by atoms with Crippen molar-refractivity contribution in [2.45, 2.75) is 26.4 Å². The van der Waals surface area contributed by atoms with Crippen LogP contribution in [0.5, 0.6) is 0 Å². The van der Waals surface area contributed by atoms with Gasteiger partial charge in [-0.25, -0.2) is 19.6 Å². The number of imidazole rings is 1. The van der Waals surface area contributed by atoms with E-state index < -0.39 is 0 Å². The monoisotopic (exact) mass is 257 g/mol. The van der Waals surface area contributed by atoms with Crippen molar-refractivity contribution in [3.05, 3.63) is 30.6 Å². The van der Waals surface area contributed by atoms with Crippen LogP contribution in [-0.4, -0.2) is 35.8 Å². The SMILES string of the molecule is CC(C)NCc1cnn(-c2ncnc3nc[nH]c23)c1. The van der Waals surface area contributed by atoms with Gasteiger partial charge in [0.15, 0.2) is 11.5 Å². The number of aromatic amines is 1. The van der Waals surface area contributed by atoms with E-state index in [1.54, 1.807) is 11.0 Å². The van der Waals surface area contributed by atoms with Crippen molar-refractivity contribution in [3.63, 3.8) is 0 Å². The summed E-state index contributed by atoms with van der Waals surface area (Å²) in [6, 6.07) is 0.446. The summed E-state index contributed by atoms with van der Waals surface area (Å²) < 4.78 is 1.74. The van der Waals surface area contributed by atoms with E-state index in [2.05, 4.69) is 44.2 Å². The van der Waals surface area contributed by atoms with Crippen LogP contribution in [0.1, 0.15) is 19.4 Å². The first-order chi connectivity index (χ1) is 9.24. The molecule has 0 radical (unpaired) electrons. The molecule has 7 heteroatoms. The quantitative estimate of drug-likeness (QED) is 0.729. The van der Waals surface area contributed by atoms with Crippen molar-refractivity contribution in [2.24, 2.45) is 0 Å². The van der Waals surface area contributed by atoms with Crippen LogP contribution in [0.15, 0.2) is 25.0 Å². The Bertz CT molecular complexity index is 682. The van der Waals surface area contributed by atoms with Crippen LogP contribution >= 0.6 is 0 Å². The van der Waals surface area contributed by atoms with Gasteiger partial charge in [-0.05, 0) is 0 Å². The Morgan fingerprint density at radius 3 is 3.05 bits per heavy atom. The molecule has 0 amide bonds. The van der Waals surface area contributed by atoms with E-state index in [0.717, 1.165) is 17.6 Å². The van der Waals surface area contributed by atoms with E-state index in [9.17, 15) is 0 Å². The number of fused-ring (bicyclic) bond motifs is 1. The lowest BCUT2D eigenvalue weighted by Gasteiger charge is -2.05. The number of rotatable bonds is 4. The van der Waals surface area contributed by atoms with Crippen molar-refractivity contribution >= 4 is 11.2 Å². The highest BCUT2D eigenvalue weighted by atomic mass is 15.3. The van der Waals surface area contributed by atoms with E-state index in [1.165, 1.54) is 6.33 Å². The van der Waals surface area contributed by atoms with E-state index in [-0.39, 0.29) is 0 Å². The summed E-state index contributed by atoms with van der Waals surface area (Å²) in [5.74, 6) is 0.707. The molecule has 3 aromatic rings. The van der Waals surface area contributed by atoms with Gasteiger partial charge in [0.1, 0.15) is 11.8 Å². The highest BCUT2D eigenvalue weighted by Gasteiger charge is 2.09. The topological polar surface area (TPSA) is 84.3 Å². The smallest absolute Gasteiger partial charge is 0.182 e. The second-order valence-corrected chi connectivity index (χ2v) is 4.63. The third kappa shape index (κ3) is 2.32. The summed E-state index contributed by atoms with van der Waals surface area (Å²) in [5.41, 5.74) is 2.54. The Morgan fingerprint density at radius 2 is 2.21 bits per heavy atom. The molecule has 0 saturated heterocycles. The molecular formula is C12H15N7. The van der Waals surface area contributed by atoms with Crippen LogP contribution in [0.2, 0.25) is 0 Å². The fourth-order valence-electron chi connectivity index (χ4n) is 1.82. The van der Waals surface area contributed by atoms with Crippen LogP contribution < -0.4 is 5.32 Å². The summed E-state index contributed by atoms with van der Waals surface area (Å²) in [4.78, 5) is 15.5. The molecular weight excluding hydrogens is 242 g/mol. The lowest BCUT2D eigenvalue weighted by molar-refractivity contribution is 0.589. The molecule has 19 heavy (non-hydrogen) atoms. The summed E-state index contributed by atoms with van der Waals surface area (Å²) >= 11 is 0. The molecule has 3 aromatic heterocycles. The zero-order valence-corrected chi connectivity index (χ0v) is 10.8. The Morgan fingerprint density at radius 1 is 1.32 bits per heavy atom. The highest BCUT2D eigenvalue weighted by molar-refractivity contribution is 5.77. The number of nitrogens with one attached hydrogen (secondary N) is 2. The molecule has 0 spiro atoms. The fraction of sp³-hybridized carbons (Fsp3) is 0.333. The maximum atomic E-state index is 4.33. The van der Waals surface area contributed by atoms with Crippen molar-refractivity contribution in [3.8, 4) is 5.82 Å². The van der Waals surface area contributed by atoms with Crippen LogP contribution in [0.25, 0.3) is 17.0 Å². The number of hydrogen-bond donors (Lipinski definition) is 2. The molecule has 0 unspecified atom stereocenters. The zero-order valence-electron chi connectivity index (χ0n) is 10.8. The standard InChI is InChI=1S/C12H15N7/c1-8(2)13-3-9-4-18-19(5-9)12-10-11(15-6-14-10)16-7-17-12/h4-8,13H,3H2,1-2H3,(H,14,15,16,17). The first-order valence-electron chi connectivity index (χ1n) is 6.15. The molecule has 0 atom stereocenters. The molecule has 98 valence electrons. The molecule has 0 fully saturated rings. The lowest BCUT2D eigenvalue weighted by atomic mass is 10.3. The first-order valence-corrected chi connectivity index (χ1v) is 6.15. The predicted octanol–water partition coefficient (Wildman–Crippen LogP) is 1.04. The Kier molecular flexibility index (Phi) is 2.96. The van der Waals surface area contributed by atoms with Gasteiger partial charge in [-0.2, -0.15) is 5.10 Å². The van der Waals surface area contributed by atoms with E-state index in [1.807, 2.05) is 12.4 Å².